The molecule has 0 radical (unpaired) electrons. The number of piperazine rings is 1. The smallest absolute Gasteiger partial charge is 0.128 e. The Kier molecular flexibility index (Phi) is 4.08. The first-order valence-corrected chi connectivity index (χ1v) is 7.78. The highest BCUT2D eigenvalue weighted by Gasteiger charge is 2.22. The van der Waals surface area contributed by atoms with E-state index >= 15 is 0 Å². The van der Waals surface area contributed by atoms with E-state index in [1.165, 1.54) is 5.39 Å². The molecule has 0 spiro atoms. The molecule has 0 amide bonds. The lowest BCUT2D eigenvalue weighted by molar-refractivity contribution is 0.0835. The van der Waals surface area contributed by atoms with Crippen molar-refractivity contribution in [2.75, 3.05) is 31.9 Å². The average Bonchev–Trinajstić information content (AvgIpc) is 2.48. The monoisotopic (exact) mass is 284 g/mol. The summed E-state index contributed by atoms with van der Waals surface area (Å²) in [6.45, 7) is 9.90. The van der Waals surface area contributed by atoms with Crippen LogP contribution in [0.2, 0.25) is 0 Å². The molecule has 4 nitrogen and oxygen atoms in total. The Bertz CT molecular complexity index is 625. The van der Waals surface area contributed by atoms with Crippen LogP contribution in [0.1, 0.15) is 19.4 Å². The first-order valence-electron chi connectivity index (χ1n) is 7.78. The minimum Gasteiger partial charge on any atom is -0.383 e. The van der Waals surface area contributed by atoms with Crippen LogP contribution in [0.4, 0.5) is 5.82 Å². The molecule has 0 aliphatic carbocycles. The van der Waals surface area contributed by atoms with E-state index in [9.17, 15) is 0 Å². The molecular weight excluding hydrogens is 260 g/mol. The Morgan fingerprint density at radius 2 is 2.10 bits per heavy atom. The van der Waals surface area contributed by atoms with Gasteiger partial charge in [0, 0.05) is 43.2 Å². The lowest BCUT2D eigenvalue weighted by Crippen LogP contribution is -2.51. The minimum atomic E-state index is 0.610. The summed E-state index contributed by atoms with van der Waals surface area (Å²) in [5.74, 6) is 0.666. The highest BCUT2D eigenvalue weighted by atomic mass is 15.3. The molecule has 2 N–H and O–H groups in total. The molecule has 2 heterocycles. The number of hydrogen-bond donors (Lipinski definition) is 1. The van der Waals surface area contributed by atoms with Crippen LogP contribution in [0.25, 0.3) is 10.9 Å². The summed E-state index contributed by atoms with van der Waals surface area (Å²) in [6.07, 6.45) is 0. The molecule has 1 aliphatic heterocycles. The Morgan fingerprint density at radius 1 is 1.29 bits per heavy atom. The topological polar surface area (TPSA) is 45.4 Å². The number of aromatic nitrogens is 1. The van der Waals surface area contributed by atoms with Gasteiger partial charge in [0.2, 0.25) is 0 Å². The van der Waals surface area contributed by atoms with Gasteiger partial charge in [-0.2, -0.15) is 0 Å². The number of nitrogens with two attached hydrogens (primary N) is 1. The fraction of sp³-hybridized carbons (Fsp3) is 0.471. The van der Waals surface area contributed by atoms with Gasteiger partial charge in [0.1, 0.15) is 5.82 Å². The number of anilines is 1. The van der Waals surface area contributed by atoms with E-state index in [1.807, 2.05) is 18.2 Å². The summed E-state index contributed by atoms with van der Waals surface area (Å²) in [7, 11) is 0. The molecule has 1 aromatic carbocycles. The summed E-state index contributed by atoms with van der Waals surface area (Å²) < 4.78 is 0. The molecule has 1 unspecified atom stereocenters. The van der Waals surface area contributed by atoms with Gasteiger partial charge < -0.3 is 5.73 Å². The van der Waals surface area contributed by atoms with E-state index in [2.05, 4.69) is 40.8 Å². The summed E-state index contributed by atoms with van der Waals surface area (Å²) in [5.41, 5.74) is 8.26. The zero-order valence-corrected chi connectivity index (χ0v) is 12.9. The number of rotatable bonds is 3. The van der Waals surface area contributed by atoms with Crippen LogP contribution >= 0.6 is 0 Å². The van der Waals surface area contributed by atoms with Gasteiger partial charge in [0.25, 0.3) is 0 Å². The van der Waals surface area contributed by atoms with E-state index in [4.69, 9.17) is 5.73 Å². The second-order valence-corrected chi connectivity index (χ2v) is 5.94. The maximum atomic E-state index is 6.14. The second kappa shape index (κ2) is 6.00. The predicted octanol–water partition coefficient (Wildman–Crippen LogP) is 2.34. The molecule has 1 saturated heterocycles. The van der Waals surface area contributed by atoms with E-state index in [0.717, 1.165) is 43.8 Å². The Labute approximate surface area is 126 Å². The molecule has 3 rings (SSSR count). The molecular formula is C17H24N4. The molecule has 21 heavy (non-hydrogen) atoms. The van der Waals surface area contributed by atoms with Crippen molar-refractivity contribution in [1.82, 2.24) is 14.8 Å². The summed E-state index contributed by atoms with van der Waals surface area (Å²) >= 11 is 0. The number of pyridine rings is 1. The van der Waals surface area contributed by atoms with Crippen LogP contribution in [0, 0.1) is 0 Å². The van der Waals surface area contributed by atoms with Crippen LogP contribution in [0.5, 0.6) is 0 Å². The van der Waals surface area contributed by atoms with Gasteiger partial charge in [-0.1, -0.05) is 25.1 Å². The van der Waals surface area contributed by atoms with Crippen molar-refractivity contribution in [3.8, 4) is 0 Å². The van der Waals surface area contributed by atoms with E-state index in [-0.39, 0.29) is 0 Å². The summed E-state index contributed by atoms with van der Waals surface area (Å²) in [6, 6.07) is 11.0. The SMILES string of the molecule is CCN1CCN(Cc2cc3ccccc3nc2N)CC1C. The van der Waals surface area contributed by atoms with E-state index in [1.54, 1.807) is 0 Å². The van der Waals surface area contributed by atoms with Crippen molar-refractivity contribution < 1.29 is 0 Å². The third-order valence-corrected chi connectivity index (χ3v) is 4.49. The third kappa shape index (κ3) is 3.01. The van der Waals surface area contributed by atoms with Gasteiger partial charge in [-0.25, -0.2) is 4.98 Å². The van der Waals surface area contributed by atoms with Gasteiger partial charge in [-0.15, -0.1) is 0 Å². The number of hydrogen-bond acceptors (Lipinski definition) is 4. The number of para-hydroxylation sites is 1. The molecule has 1 atom stereocenters. The molecule has 2 aromatic rings. The largest absolute Gasteiger partial charge is 0.383 e. The third-order valence-electron chi connectivity index (χ3n) is 4.49. The number of benzene rings is 1. The van der Waals surface area contributed by atoms with Gasteiger partial charge in [0.15, 0.2) is 0 Å². The van der Waals surface area contributed by atoms with Crippen molar-refractivity contribution in [2.45, 2.75) is 26.4 Å². The molecule has 0 bridgehead atoms. The lowest BCUT2D eigenvalue weighted by Gasteiger charge is -2.39. The van der Waals surface area contributed by atoms with Crippen LogP contribution < -0.4 is 5.73 Å². The maximum Gasteiger partial charge on any atom is 0.128 e. The Morgan fingerprint density at radius 3 is 2.86 bits per heavy atom. The van der Waals surface area contributed by atoms with E-state index in [0.29, 0.717) is 11.9 Å². The first-order chi connectivity index (χ1) is 10.2. The minimum absolute atomic E-state index is 0.610. The van der Waals surface area contributed by atoms with E-state index < -0.39 is 0 Å². The zero-order valence-electron chi connectivity index (χ0n) is 12.9. The first kappa shape index (κ1) is 14.3. The quantitative estimate of drug-likeness (QED) is 0.939. The molecule has 0 saturated carbocycles. The second-order valence-electron chi connectivity index (χ2n) is 5.94. The summed E-state index contributed by atoms with van der Waals surface area (Å²) in [4.78, 5) is 9.54. The lowest BCUT2D eigenvalue weighted by atomic mass is 10.1. The molecule has 4 heteroatoms. The molecule has 1 aliphatic rings. The van der Waals surface area contributed by atoms with Crippen molar-refractivity contribution in [2.24, 2.45) is 0 Å². The number of fused-ring (bicyclic) bond motifs is 1. The van der Waals surface area contributed by atoms with Crippen LogP contribution in [-0.2, 0) is 6.54 Å². The van der Waals surface area contributed by atoms with Gasteiger partial charge in [-0.05, 0) is 25.6 Å². The highest BCUT2D eigenvalue weighted by molar-refractivity contribution is 5.81. The van der Waals surface area contributed by atoms with Crippen molar-refractivity contribution in [1.29, 1.82) is 0 Å². The Balaban J connectivity index is 1.77. The van der Waals surface area contributed by atoms with Gasteiger partial charge >= 0.3 is 0 Å². The van der Waals surface area contributed by atoms with Crippen LogP contribution in [0.15, 0.2) is 30.3 Å². The fourth-order valence-corrected chi connectivity index (χ4v) is 3.23. The normalized spacial score (nSPS) is 21.0. The maximum absolute atomic E-state index is 6.14. The fourth-order valence-electron chi connectivity index (χ4n) is 3.23. The van der Waals surface area contributed by atoms with Crippen LogP contribution in [0.3, 0.4) is 0 Å². The summed E-state index contributed by atoms with van der Waals surface area (Å²) in [5, 5.41) is 1.17. The predicted molar refractivity (Wildman–Crippen MR) is 88.1 cm³/mol. The van der Waals surface area contributed by atoms with Gasteiger partial charge in [0.05, 0.1) is 5.52 Å². The van der Waals surface area contributed by atoms with Crippen molar-refractivity contribution in [3.05, 3.63) is 35.9 Å². The highest BCUT2D eigenvalue weighted by Crippen LogP contribution is 2.21. The standard InChI is InChI=1S/C17H24N4/c1-3-21-9-8-20(11-13(21)2)12-15-10-14-6-4-5-7-16(14)19-17(15)18/h4-7,10,13H,3,8-9,11-12H2,1-2H3,(H2,18,19). The number of nitrogen functional groups attached to an aromatic ring is 1. The molecule has 1 aromatic heterocycles. The van der Waals surface area contributed by atoms with Crippen molar-refractivity contribution in [3.63, 3.8) is 0 Å². The Hall–Kier alpha value is -1.65. The van der Waals surface area contributed by atoms with Crippen LogP contribution in [-0.4, -0.2) is 47.0 Å². The van der Waals surface area contributed by atoms with Gasteiger partial charge in [-0.3, -0.25) is 9.80 Å². The van der Waals surface area contributed by atoms with Crippen molar-refractivity contribution >= 4 is 16.7 Å². The zero-order chi connectivity index (χ0) is 14.8. The number of nitrogens with zero attached hydrogens (tertiary/aromatic N) is 3. The molecule has 112 valence electrons. The average molecular weight is 284 g/mol. The molecule has 1 fully saturated rings. The number of likely N-dealkylation sites (N-methyl/N-ethyl adjacent to an activating group) is 1.